The minimum atomic E-state index is -3.11. The van der Waals surface area contributed by atoms with Crippen molar-refractivity contribution in [2.45, 2.75) is 5.25 Å². The summed E-state index contributed by atoms with van der Waals surface area (Å²) in [6.45, 7) is 2.78. The van der Waals surface area contributed by atoms with Gasteiger partial charge in [0.15, 0.2) is 0 Å². The summed E-state index contributed by atoms with van der Waals surface area (Å²) in [6, 6.07) is 0. The van der Waals surface area contributed by atoms with E-state index in [4.69, 9.17) is 0 Å². The zero-order chi connectivity index (χ0) is 5.21. The van der Waals surface area contributed by atoms with Crippen LogP contribution in [0.1, 0.15) is 0 Å². The van der Waals surface area contributed by atoms with Crippen LogP contribution >= 0.6 is 12.6 Å². The number of alkyl halides is 2. The monoisotopic (exact) mass is 109 g/mol. The summed E-state index contributed by atoms with van der Waals surface area (Å²) >= 11 is 3.53. The molecule has 0 heterocycles. The van der Waals surface area contributed by atoms with Gasteiger partial charge in [-0.3, -0.25) is 0 Å². The molecule has 0 rings (SSSR count). The van der Waals surface area contributed by atoms with Crippen LogP contribution in [0.15, 0.2) is 12.7 Å². The normalized spacial score (nSPS) is 11.2. The van der Waals surface area contributed by atoms with E-state index in [9.17, 15) is 8.78 Å². The summed E-state index contributed by atoms with van der Waals surface area (Å²) < 4.78 is 22.3. The minimum Gasteiger partial charge on any atom is -0.188 e. The summed E-state index contributed by atoms with van der Waals surface area (Å²) in [5.41, 5.74) is 0. The second-order valence-corrected chi connectivity index (χ2v) is 1.31. The molecule has 0 aromatic carbocycles. The number of halogens is 2. The molecule has 0 nitrogen and oxygen atoms in total. The molecular weight excluding hydrogens is 106 g/mol. The Balaban J connectivity index is 3.45. The van der Waals surface area contributed by atoms with Gasteiger partial charge >= 0.3 is 5.25 Å². The van der Waals surface area contributed by atoms with E-state index in [1.54, 1.807) is 0 Å². The lowest BCUT2D eigenvalue weighted by molar-refractivity contribution is 0.166. The highest BCUT2D eigenvalue weighted by Crippen LogP contribution is 2.17. The quantitative estimate of drug-likeness (QED) is 0.451. The lowest BCUT2D eigenvalue weighted by Crippen LogP contribution is -1.96. The lowest BCUT2D eigenvalue weighted by Gasteiger charge is -1.94. The zero-order valence-electron chi connectivity index (χ0n) is 2.95. The third-order valence-electron chi connectivity index (χ3n) is 0.238. The molecule has 0 amide bonds. The van der Waals surface area contributed by atoms with Crippen LogP contribution < -0.4 is 0 Å². The van der Waals surface area contributed by atoms with Crippen molar-refractivity contribution in [1.29, 1.82) is 0 Å². The summed E-state index contributed by atoms with van der Waals surface area (Å²) in [4.78, 5) is 0. The van der Waals surface area contributed by atoms with Crippen LogP contribution in [0, 0.1) is 0 Å². The standard InChI is InChI=1S/C3H3F2S/c1-2-3(4,5)6/h2H,1H2. The van der Waals surface area contributed by atoms with E-state index in [0.717, 1.165) is 0 Å². The number of hydrogen-bond acceptors (Lipinski definition) is 0. The Labute approximate surface area is 40.3 Å². The van der Waals surface area contributed by atoms with E-state index in [1.807, 2.05) is 0 Å². The van der Waals surface area contributed by atoms with Gasteiger partial charge in [0.2, 0.25) is 0 Å². The third kappa shape index (κ3) is 3.95. The predicted molar refractivity (Wildman–Crippen MR) is 22.7 cm³/mol. The van der Waals surface area contributed by atoms with Crippen LogP contribution in [0.4, 0.5) is 8.78 Å². The fourth-order valence-electron chi connectivity index (χ4n) is 0. The molecule has 6 heavy (non-hydrogen) atoms. The molecule has 0 N–H and O–H groups in total. The van der Waals surface area contributed by atoms with Gasteiger partial charge in [-0.25, -0.2) is 0 Å². The SMILES string of the molecule is C=CC(F)(F)[S]. The smallest absolute Gasteiger partial charge is 0.188 e. The molecule has 0 atom stereocenters. The molecule has 0 saturated heterocycles. The maximum atomic E-state index is 11.1. The Bertz CT molecular complexity index is 54.3. The molecule has 0 aliphatic heterocycles. The largest absolute Gasteiger partial charge is 0.321 e. The molecule has 0 aromatic rings. The van der Waals surface area contributed by atoms with E-state index in [-0.39, 0.29) is 0 Å². The highest BCUT2D eigenvalue weighted by molar-refractivity contribution is 7.81. The van der Waals surface area contributed by atoms with Crippen molar-refractivity contribution in [3.05, 3.63) is 12.7 Å². The van der Waals surface area contributed by atoms with Gasteiger partial charge in [-0.15, -0.1) is 0 Å². The summed E-state index contributed by atoms with van der Waals surface area (Å²) in [7, 11) is 0. The second kappa shape index (κ2) is 1.60. The van der Waals surface area contributed by atoms with Crippen LogP contribution in [0.25, 0.3) is 0 Å². The average molecular weight is 109 g/mol. The van der Waals surface area contributed by atoms with Gasteiger partial charge in [-0.05, 0) is 18.7 Å². The predicted octanol–water partition coefficient (Wildman–Crippen LogP) is 1.96. The van der Waals surface area contributed by atoms with Crippen LogP contribution in [-0.2, 0) is 0 Å². The first-order valence-corrected chi connectivity index (χ1v) is 1.69. The summed E-state index contributed by atoms with van der Waals surface area (Å²) in [5.74, 6) is 0. The van der Waals surface area contributed by atoms with E-state index >= 15 is 0 Å². The van der Waals surface area contributed by atoms with Gasteiger partial charge in [-0.2, -0.15) is 8.78 Å². The first-order chi connectivity index (χ1) is 2.56. The van der Waals surface area contributed by atoms with Gasteiger partial charge in [-0.1, -0.05) is 6.58 Å². The van der Waals surface area contributed by atoms with Gasteiger partial charge in [0.25, 0.3) is 0 Å². The molecule has 0 bridgehead atoms. The molecule has 0 fully saturated rings. The molecule has 0 aliphatic rings. The maximum Gasteiger partial charge on any atom is 0.321 e. The molecule has 3 heteroatoms. The molecule has 0 aromatic heterocycles. The van der Waals surface area contributed by atoms with E-state index in [2.05, 4.69) is 19.2 Å². The first kappa shape index (κ1) is 5.95. The molecular formula is C3H3F2S. The average Bonchev–Trinajstić information content (AvgIpc) is 1.35. The summed E-state index contributed by atoms with van der Waals surface area (Å²) in [5, 5.41) is -3.11. The van der Waals surface area contributed by atoms with Crippen molar-refractivity contribution in [3.63, 3.8) is 0 Å². The molecule has 0 spiro atoms. The van der Waals surface area contributed by atoms with Crippen molar-refractivity contribution in [2.24, 2.45) is 0 Å². The highest BCUT2D eigenvalue weighted by atomic mass is 32.1. The Kier molecular flexibility index (Phi) is 1.59. The topological polar surface area (TPSA) is 0 Å². The van der Waals surface area contributed by atoms with Gasteiger partial charge in [0.1, 0.15) is 0 Å². The first-order valence-electron chi connectivity index (χ1n) is 1.28. The lowest BCUT2D eigenvalue weighted by atomic mass is 10.7. The highest BCUT2D eigenvalue weighted by Gasteiger charge is 2.15. The van der Waals surface area contributed by atoms with Gasteiger partial charge in [0, 0.05) is 0 Å². The Morgan fingerprint density at radius 2 is 1.83 bits per heavy atom. The Hall–Kier alpha value is -0.0500. The van der Waals surface area contributed by atoms with Gasteiger partial charge < -0.3 is 0 Å². The van der Waals surface area contributed by atoms with Crippen LogP contribution in [0.5, 0.6) is 0 Å². The fraction of sp³-hybridized carbons (Fsp3) is 0.333. The van der Waals surface area contributed by atoms with E-state index < -0.39 is 5.25 Å². The van der Waals surface area contributed by atoms with Crippen LogP contribution in [0.3, 0.4) is 0 Å². The number of rotatable bonds is 1. The van der Waals surface area contributed by atoms with Crippen molar-refractivity contribution < 1.29 is 8.78 Å². The summed E-state index contributed by atoms with van der Waals surface area (Å²) in [6.07, 6.45) is 0.419. The van der Waals surface area contributed by atoms with Gasteiger partial charge in [0.05, 0.1) is 0 Å². The van der Waals surface area contributed by atoms with Crippen LogP contribution in [-0.4, -0.2) is 5.25 Å². The molecule has 35 valence electrons. The fourth-order valence-corrected chi connectivity index (χ4v) is 0. The van der Waals surface area contributed by atoms with E-state index in [1.165, 1.54) is 0 Å². The van der Waals surface area contributed by atoms with E-state index in [0.29, 0.717) is 6.08 Å². The molecule has 0 saturated carbocycles. The Morgan fingerprint density at radius 3 is 1.83 bits per heavy atom. The second-order valence-electron chi connectivity index (χ2n) is 0.766. The zero-order valence-corrected chi connectivity index (χ0v) is 3.77. The maximum absolute atomic E-state index is 11.1. The Morgan fingerprint density at radius 1 is 1.67 bits per heavy atom. The third-order valence-corrected chi connectivity index (χ3v) is 0.404. The molecule has 0 aliphatic carbocycles. The van der Waals surface area contributed by atoms with Crippen molar-refractivity contribution in [2.75, 3.05) is 0 Å². The van der Waals surface area contributed by atoms with Crippen molar-refractivity contribution in [3.8, 4) is 0 Å². The number of hydrogen-bond donors (Lipinski definition) is 0. The minimum absolute atomic E-state index is 0.419. The van der Waals surface area contributed by atoms with Crippen LogP contribution in [0.2, 0.25) is 0 Å². The molecule has 0 unspecified atom stereocenters. The van der Waals surface area contributed by atoms with Crippen molar-refractivity contribution in [1.82, 2.24) is 0 Å². The molecule has 1 radical (unpaired) electrons. The van der Waals surface area contributed by atoms with Crippen molar-refractivity contribution >= 4 is 12.6 Å².